The van der Waals surface area contributed by atoms with Gasteiger partial charge in [0.2, 0.25) is 5.75 Å². The molecule has 11 nitrogen and oxygen atoms in total. The largest absolute Gasteiger partial charge is 0.492 e. The Balaban J connectivity index is 1.60. The molecule has 1 amide bonds. The van der Waals surface area contributed by atoms with Crippen LogP contribution in [0.5, 0.6) is 17.2 Å². The molecular formula is C27H27NO10. The summed E-state index contributed by atoms with van der Waals surface area (Å²) in [4.78, 5) is 50.6. The number of hydrogen-bond donors (Lipinski definition) is 1. The summed E-state index contributed by atoms with van der Waals surface area (Å²) >= 11 is 0. The van der Waals surface area contributed by atoms with Gasteiger partial charge < -0.3 is 33.7 Å². The van der Waals surface area contributed by atoms with Crippen LogP contribution in [0, 0.1) is 0 Å². The Kier molecular flexibility index (Phi) is 6.83. The summed E-state index contributed by atoms with van der Waals surface area (Å²) in [5, 5.41) is 2.90. The second-order valence-corrected chi connectivity index (χ2v) is 9.20. The van der Waals surface area contributed by atoms with Crippen molar-refractivity contribution < 1.29 is 47.6 Å². The third-order valence-corrected chi connectivity index (χ3v) is 6.78. The van der Waals surface area contributed by atoms with Crippen LogP contribution in [0.4, 0.5) is 0 Å². The van der Waals surface area contributed by atoms with Gasteiger partial charge in [0.15, 0.2) is 23.7 Å². The number of rotatable bonds is 5. The van der Waals surface area contributed by atoms with Gasteiger partial charge in [0.25, 0.3) is 5.91 Å². The minimum absolute atomic E-state index is 0.148. The fourth-order valence-corrected chi connectivity index (χ4v) is 5.36. The number of methoxy groups -OCH3 is 1. The third-order valence-electron chi connectivity index (χ3n) is 6.78. The van der Waals surface area contributed by atoms with Crippen molar-refractivity contribution in [2.75, 3.05) is 20.3 Å². The second-order valence-electron chi connectivity index (χ2n) is 9.20. The third kappa shape index (κ3) is 4.59. The lowest BCUT2D eigenvalue weighted by molar-refractivity contribution is -0.186. The standard InChI is InChI=1S/C27H27NO10/c1-13(29)36-23-19(38-27(32)15-7-5-4-6-8-15)12-17-16-11-18-22(35-10-9-34-18)24(33-3)20(16)26(31)28-21(17)25(23)37-14(2)30/h4-8,11,17,19,21,23,25H,9-10,12H2,1-3H3,(H,28,31). The summed E-state index contributed by atoms with van der Waals surface area (Å²) in [6.45, 7) is 3.03. The minimum Gasteiger partial charge on any atom is -0.492 e. The summed E-state index contributed by atoms with van der Waals surface area (Å²) in [5.74, 6) is -1.99. The molecule has 1 fully saturated rings. The summed E-state index contributed by atoms with van der Waals surface area (Å²) in [6.07, 6.45) is -3.15. The first kappa shape index (κ1) is 25.4. The molecule has 5 atom stereocenters. The van der Waals surface area contributed by atoms with Crippen LogP contribution >= 0.6 is 0 Å². The van der Waals surface area contributed by atoms with Crippen LogP contribution in [0.3, 0.4) is 0 Å². The normalized spacial score (nSPS) is 25.1. The number of esters is 3. The maximum absolute atomic E-state index is 13.4. The van der Waals surface area contributed by atoms with E-state index in [1.807, 2.05) is 0 Å². The van der Waals surface area contributed by atoms with Crippen molar-refractivity contribution in [2.45, 2.75) is 50.5 Å². The van der Waals surface area contributed by atoms with Crippen LogP contribution in [0.1, 0.15) is 52.5 Å². The van der Waals surface area contributed by atoms with Gasteiger partial charge in [-0.2, -0.15) is 0 Å². The van der Waals surface area contributed by atoms with Crippen molar-refractivity contribution in [1.82, 2.24) is 5.32 Å². The molecule has 0 aromatic heterocycles. The fraction of sp³-hybridized carbons (Fsp3) is 0.407. The Bertz CT molecular complexity index is 1280. The summed E-state index contributed by atoms with van der Waals surface area (Å²) in [5.41, 5.74) is 1.11. The number of nitrogens with one attached hydrogen (secondary N) is 1. The van der Waals surface area contributed by atoms with E-state index in [1.165, 1.54) is 21.0 Å². The molecule has 5 unspecified atom stereocenters. The van der Waals surface area contributed by atoms with Crippen LogP contribution in [-0.2, 0) is 23.8 Å². The number of hydrogen-bond acceptors (Lipinski definition) is 10. The summed E-state index contributed by atoms with van der Waals surface area (Å²) < 4.78 is 34.1. The van der Waals surface area contributed by atoms with E-state index in [2.05, 4.69) is 5.32 Å². The number of benzene rings is 2. The first-order chi connectivity index (χ1) is 18.3. The Morgan fingerprint density at radius 3 is 2.32 bits per heavy atom. The maximum Gasteiger partial charge on any atom is 0.338 e. The Hall–Kier alpha value is -4.28. The molecule has 0 saturated heterocycles. The number of carbonyl (C=O) groups excluding carboxylic acids is 4. The van der Waals surface area contributed by atoms with Gasteiger partial charge in [-0.3, -0.25) is 14.4 Å². The lowest BCUT2D eigenvalue weighted by Gasteiger charge is -2.47. The highest BCUT2D eigenvalue weighted by molar-refractivity contribution is 6.02. The van der Waals surface area contributed by atoms with Crippen LogP contribution < -0.4 is 19.5 Å². The average molecular weight is 526 g/mol. The van der Waals surface area contributed by atoms with Crippen LogP contribution in [0.25, 0.3) is 0 Å². The number of carbonyl (C=O) groups is 4. The van der Waals surface area contributed by atoms with E-state index in [9.17, 15) is 19.2 Å². The smallest absolute Gasteiger partial charge is 0.338 e. The monoisotopic (exact) mass is 525 g/mol. The molecule has 0 radical (unpaired) electrons. The van der Waals surface area contributed by atoms with Gasteiger partial charge in [-0.15, -0.1) is 0 Å². The van der Waals surface area contributed by atoms with Gasteiger partial charge in [0, 0.05) is 19.8 Å². The molecule has 5 rings (SSSR count). The molecule has 2 heterocycles. The van der Waals surface area contributed by atoms with Crippen molar-refractivity contribution in [3.05, 3.63) is 53.1 Å². The first-order valence-corrected chi connectivity index (χ1v) is 12.2. The minimum atomic E-state index is -1.16. The highest BCUT2D eigenvalue weighted by Gasteiger charge is 2.54. The molecular weight excluding hydrogens is 498 g/mol. The number of amides is 1. The van der Waals surface area contributed by atoms with Gasteiger partial charge in [-0.05, 0) is 30.2 Å². The lowest BCUT2D eigenvalue weighted by atomic mass is 9.71. The van der Waals surface area contributed by atoms with Crippen LogP contribution in [0.15, 0.2) is 36.4 Å². The number of fused-ring (bicyclic) bond motifs is 4. The first-order valence-electron chi connectivity index (χ1n) is 12.2. The highest BCUT2D eigenvalue weighted by atomic mass is 16.6. The van der Waals surface area contributed by atoms with Crippen molar-refractivity contribution >= 4 is 23.8 Å². The van der Waals surface area contributed by atoms with Crippen molar-refractivity contribution in [2.24, 2.45) is 0 Å². The van der Waals surface area contributed by atoms with Gasteiger partial charge >= 0.3 is 17.9 Å². The quantitative estimate of drug-likeness (QED) is 0.457. The van der Waals surface area contributed by atoms with Crippen molar-refractivity contribution in [1.29, 1.82) is 0 Å². The van der Waals surface area contributed by atoms with E-state index in [0.29, 0.717) is 35.8 Å². The molecule has 200 valence electrons. The van der Waals surface area contributed by atoms with E-state index in [4.69, 9.17) is 28.4 Å². The van der Waals surface area contributed by atoms with E-state index < -0.39 is 54.1 Å². The Morgan fingerprint density at radius 1 is 0.947 bits per heavy atom. The highest BCUT2D eigenvalue weighted by Crippen LogP contribution is 2.50. The van der Waals surface area contributed by atoms with Crippen molar-refractivity contribution in [3.63, 3.8) is 0 Å². The van der Waals surface area contributed by atoms with E-state index >= 15 is 0 Å². The predicted octanol–water partition coefficient (Wildman–Crippen LogP) is 2.15. The second kappa shape index (κ2) is 10.2. The molecule has 2 aliphatic heterocycles. The van der Waals surface area contributed by atoms with Gasteiger partial charge in [0.05, 0.1) is 24.3 Å². The molecule has 38 heavy (non-hydrogen) atoms. The molecule has 1 N–H and O–H groups in total. The summed E-state index contributed by atoms with van der Waals surface area (Å²) in [6, 6.07) is 9.28. The predicted molar refractivity (Wildman–Crippen MR) is 129 cm³/mol. The van der Waals surface area contributed by atoms with Gasteiger partial charge in [0.1, 0.15) is 19.3 Å². The van der Waals surface area contributed by atoms with E-state index in [0.717, 1.165) is 0 Å². The van der Waals surface area contributed by atoms with Crippen LogP contribution in [0.2, 0.25) is 0 Å². The topological polar surface area (TPSA) is 136 Å². The van der Waals surface area contributed by atoms with Crippen LogP contribution in [-0.4, -0.2) is 68.5 Å². The Labute approximate surface area is 218 Å². The zero-order valence-corrected chi connectivity index (χ0v) is 21.1. The zero-order valence-electron chi connectivity index (χ0n) is 21.1. The number of ether oxygens (including phenoxy) is 6. The Morgan fingerprint density at radius 2 is 1.63 bits per heavy atom. The molecule has 0 spiro atoms. The average Bonchev–Trinajstić information content (AvgIpc) is 2.90. The maximum atomic E-state index is 13.4. The molecule has 1 aliphatic carbocycles. The SMILES string of the molecule is COc1c2c(cc3c1C(=O)NC1C3CC(OC(=O)c3ccccc3)C(OC(C)=O)C1OC(C)=O)OCCO2. The van der Waals surface area contributed by atoms with E-state index in [1.54, 1.807) is 36.4 Å². The molecule has 2 aromatic carbocycles. The lowest BCUT2D eigenvalue weighted by Crippen LogP contribution is -2.64. The van der Waals surface area contributed by atoms with E-state index in [-0.39, 0.29) is 17.7 Å². The molecule has 2 aromatic rings. The van der Waals surface area contributed by atoms with Gasteiger partial charge in [-0.25, -0.2) is 4.79 Å². The molecule has 3 aliphatic rings. The van der Waals surface area contributed by atoms with Crippen molar-refractivity contribution in [3.8, 4) is 17.2 Å². The summed E-state index contributed by atoms with van der Waals surface area (Å²) in [7, 11) is 1.43. The zero-order chi connectivity index (χ0) is 27.0. The molecule has 0 bridgehead atoms. The molecule has 11 heteroatoms. The van der Waals surface area contributed by atoms with Gasteiger partial charge in [-0.1, -0.05) is 18.2 Å². The fourth-order valence-electron chi connectivity index (χ4n) is 5.36. The molecule has 1 saturated carbocycles.